The summed E-state index contributed by atoms with van der Waals surface area (Å²) in [5.74, 6) is -1.44. The summed E-state index contributed by atoms with van der Waals surface area (Å²) in [5, 5.41) is 12.5. The van der Waals surface area contributed by atoms with Crippen molar-refractivity contribution in [1.29, 1.82) is 0 Å². The number of pyridine rings is 2. The molecule has 0 aliphatic heterocycles. The molecule has 4 aromatic rings. The van der Waals surface area contributed by atoms with E-state index in [0.717, 1.165) is 6.20 Å². The molecule has 0 saturated heterocycles. The molecule has 0 radical (unpaired) electrons. The molecule has 4 rings (SSSR count). The minimum Gasteiger partial charge on any atom is -0.492 e. The number of aromatic hydroxyl groups is 1. The Morgan fingerprint density at radius 1 is 1.24 bits per heavy atom. The Bertz CT molecular complexity index is 1260. The molecule has 11 heteroatoms. The van der Waals surface area contributed by atoms with Crippen LogP contribution in [0.15, 0.2) is 41.2 Å². The highest BCUT2D eigenvalue weighted by atomic mass is 35.5. The second-order valence-electron chi connectivity index (χ2n) is 5.74. The SMILES string of the molecule is O=C(Nc1c(Cl)cnc(O)c1Cl)c1ccc(OC(F)F)c2oc3ccncc3c12. The van der Waals surface area contributed by atoms with Gasteiger partial charge in [-0.25, -0.2) is 4.98 Å². The number of benzene rings is 1. The van der Waals surface area contributed by atoms with E-state index in [4.69, 9.17) is 27.6 Å². The third-order valence-electron chi connectivity index (χ3n) is 4.04. The molecule has 0 fully saturated rings. The van der Waals surface area contributed by atoms with Crippen molar-refractivity contribution in [1.82, 2.24) is 9.97 Å². The fraction of sp³-hybridized carbons (Fsp3) is 0.0556. The number of amides is 1. The number of hydrogen-bond acceptors (Lipinski definition) is 6. The maximum Gasteiger partial charge on any atom is 0.387 e. The largest absolute Gasteiger partial charge is 0.492 e. The number of carbonyl (C=O) groups is 1. The third kappa shape index (κ3) is 3.39. The topological polar surface area (TPSA) is 97.5 Å². The van der Waals surface area contributed by atoms with Crippen molar-refractivity contribution in [2.75, 3.05) is 5.32 Å². The van der Waals surface area contributed by atoms with E-state index in [1.54, 1.807) is 0 Å². The smallest absolute Gasteiger partial charge is 0.387 e. The summed E-state index contributed by atoms with van der Waals surface area (Å²) in [5.41, 5.74) is 0.289. The number of halogens is 4. The second-order valence-corrected chi connectivity index (χ2v) is 6.53. The minimum absolute atomic E-state index is 0.00577. The van der Waals surface area contributed by atoms with E-state index in [9.17, 15) is 18.7 Å². The van der Waals surface area contributed by atoms with E-state index >= 15 is 0 Å². The van der Waals surface area contributed by atoms with Gasteiger partial charge in [0.2, 0.25) is 5.88 Å². The van der Waals surface area contributed by atoms with Crippen LogP contribution in [0.2, 0.25) is 10.0 Å². The lowest BCUT2D eigenvalue weighted by Gasteiger charge is -2.11. The highest BCUT2D eigenvalue weighted by molar-refractivity contribution is 6.40. The van der Waals surface area contributed by atoms with Crippen molar-refractivity contribution in [3.05, 3.63) is 52.4 Å². The zero-order valence-corrected chi connectivity index (χ0v) is 15.6. The standard InChI is InChI=1S/C18H9Cl2F2N3O4/c19-9-6-24-17(27)13(20)14(9)25-16(26)7-1-2-11(29-18(21)22)15-12(7)8-5-23-4-3-10(8)28-15/h1-6,18H,(H2,24,25,26,27). The number of anilines is 1. The lowest BCUT2D eigenvalue weighted by atomic mass is 10.1. The van der Waals surface area contributed by atoms with Crippen molar-refractivity contribution in [2.45, 2.75) is 6.61 Å². The maximum atomic E-state index is 12.9. The van der Waals surface area contributed by atoms with Gasteiger partial charge in [0.15, 0.2) is 11.3 Å². The summed E-state index contributed by atoms with van der Waals surface area (Å²) in [6.07, 6.45) is 4.00. The number of ether oxygens (including phenoxy) is 1. The first kappa shape index (κ1) is 19.2. The molecule has 3 aromatic heterocycles. The predicted molar refractivity (Wildman–Crippen MR) is 102 cm³/mol. The minimum atomic E-state index is -3.08. The summed E-state index contributed by atoms with van der Waals surface area (Å²) in [4.78, 5) is 20.5. The molecule has 0 saturated carbocycles. The van der Waals surface area contributed by atoms with Gasteiger partial charge >= 0.3 is 6.61 Å². The first-order valence-corrected chi connectivity index (χ1v) is 8.70. The average molecular weight is 440 g/mol. The molecule has 0 spiro atoms. The van der Waals surface area contributed by atoms with Gasteiger partial charge in [-0.2, -0.15) is 8.78 Å². The molecule has 0 aliphatic carbocycles. The van der Waals surface area contributed by atoms with Gasteiger partial charge < -0.3 is 19.6 Å². The Morgan fingerprint density at radius 3 is 2.79 bits per heavy atom. The monoisotopic (exact) mass is 439 g/mol. The molecule has 1 aromatic carbocycles. The molecule has 3 heterocycles. The maximum absolute atomic E-state index is 12.9. The Morgan fingerprint density at radius 2 is 2.03 bits per heavy atom. The molecule has 0 unspecified atom stereocenters. The summed E-state index contributed by atoms with van der Waals surface area (Å²) in [6.45, 7) is -3.08. The number of aromatic nitrogens is 2. The van der Waals surface area contributed by atoms with Gasteiger partial charge in [-0.15, -0.1) is 0 Å². The van der Waals surface area contributed by atoms with E-state index < -0.39 is 18.4 Å². The summed E-state index contributed by atoms with van der Waals surface area (Å²) < 4.78 is 35.6. The first-order chi connectivity index (χ1) is 13.9. The lowest BCUT2D eigenvalue weighted by molar-refractivity contribution is -0.0493. The Hall–Kier alpha value is -3.17. The van der Waals surface area contributed by atoms with Crippen LogP contribution < -0.4 is 10.1 Å². The van der Waals surface area contributed by atoms with Gasteiger partial charge in [0, 0.05) is 23.2 Å². The number of hydrogen-bond donors (Lipinski definition) is 2. The van der Waals surface area contributed by atoms with E-state index in [-0.39, 0.29) is 38.0 Å². The Kier molecular flexibility index (Phi) is 4.85. The molecule has 0 aliphatic rings. The van der Waals surface area contributed by atoms with Gasteiger partial charge in [-0.3, -0.25) is 9.78 Å². The molecule has 0 bridgehead atoms. The number of fused-ring (bicyclic) bond motifs is 3. The fourth-order valence-electron chi connectivity index (χ4n) is 2.83. The molecule has 7 nitrogen and oxygen atoms in total. The predicted octanol–water partition coefficient (Wildman–Crippen LogP) is 5.24. The van der Waals surface area contributed by atoms with Crippen molar-refractivity contribution < 1.29 is 27.8 Å². The van der Waals surface area contributed by atoms with Crippen LogP contribution in [0.1, 0.15) is 10.4 Å². The fourth-order valence-corrected chi connectivity index (χ4v) is 3.27. The molecular weight excluding hydrogens is 431 g/mol. The third-order valence-corrected chi connectivity index (χ3v) is 4.68. The van der Waals surface area contributed by atoms with Crippen LogP contribution in [0.5, 0.6) is 11.6 Å². The lowest BCUT2D eigenvalue weighted by Crippen LogP contribution is -2.13. The van der Waals surface area contributed by atoms with Gasteiger partial charge in [0.1, 0.15) is 10.6 Å². The molecule has 2 N–H and O–H groups in total. The Balaban J connectivity index is 1.88. The normalized spacial score (nSPS) is 11.3. The van der Waals surface area contributed by atoms with Crippen LogP contribution in [-0.2, 0) is 0 Å². The zero-order valence-electron chi connectivity index (χ0n) is 14.1. The first-order valence-electron chi connectivity index (χ1n) is 7.95. The van der Waals surface area contributed by atoms with Crippen LogP contribution in [0.25, 0.3) is 21.9 Å². The Labute approximate surface area is 170 Å². The van der Waals surface area contributed by atoms with Gasteiger partial charge in [0.25, 0.3) is 5.91 Å². The van der Waals surface area contributed by atoms with E-state index in [0.29, 0.717) is 11.0 Å². The van der Waals surface area contributed by atoms with Crippen LogP contribution in [0.4, 0.5) is 14.5 Å². The molecule has 1 amide bonds. The molecule has 148 valence electrons. The van der Waals surface area contributed by atoms with Gasteiger partial charge in [-0.05, 0) is 18.2 Å². The van der Waals surface area contributed by atoms with Gasteiger partial charge in [0.05, 0.1) is 22.5 Å². The summed E-state index contributed by atoms with van der Waals surface area (Å²) >= 11 is 12.0. The summed E-state index contributed by atoms with van der Waals surface area (Å²) in [7, 11) is 0. The quantitative estimate of drug-likeness (QED) is 0.451. The van der Waals surface area contributed by atoms with Crippen molar-refractivity contribution in [3.63, 3.8) is 0 Å². The number of nitrogens with one attached hydrogen (secondary N) is 1. The zero-order chi connectivity index (χ0) is 20.7. The van der Waals surface area contributed by atoms with E-state index in [1.165, 1.54) is 30.6 Å². The van der Waals surface area contributed by atoms with Crippen LogP contribution >= 0.6 is 23.2 Å². The van der Waals surface area contributed by atoms with Crippen molar-refractivity contribution in [2.24, 2.45) is 0 Å². The number of rotatable bonds is 4. The van der Waals surface area contributed by atoms with Crippen molar-refractivity contribution >= 4 is 56.7 Å². The highest BCUT2D eigenvalue weighted by Gasteiger charge is 2.23. The van der Waals surface area contributed by atoms with E-state index in [2.05, 4.69) is 20.0 Å². The average Bonchev–Trinajstić information content (AvgIpc) is 3.08. The molecular formula is C18H9Cl2F2N3O4. The number of alkyl halides is 2. The van der Waals surface area contributed by atoms with Crippen LogP contribution in [0.3, 0.4) is 0 Å². The van der Waals surface area contributed by atoms with Gasteiger partial charge in [-0.1, -0.05) is 23.2 Å². The molecule has 29 heavy (non-hydrogen) atoms. The molecule has 0 atom stereocenters. The number of furan rings is 1. The van der Waals surface area contributed by atoms with Crippen LogP contribution in [-0.4, -0.2) is 27.6 Å². The second kappa shape index (κ2) is 7.34. The highest BCUT2D eigenvalue weighted by Crippen LogP contribution is 2.39. The van der Waals surface area contributed by atoms with Crippen molar-refractivity contribution in [3.8, 4) is 11.6 Å². The van der Waals surface area contributed by atoms with E-state index in [1.807, 2.05) is 0 Å². The van der Waals surface area contributed by atoms with Crippen LogP contribution in [0, 0.1) is 0 Å². The number of carbonyl (C=O) groups excluding carboxylic acids is 1. The number of nitrogens with zero attached hydrogens (tertiary/aromatic N) is 2. The summed E-state index contributed by atoms with van der Waals surface area (Å²) in [6, 6.07) is 4.00.